The van der Waals surface area contributed by atoms with Gasteiger partial charge in [0, 0.05) is 21.9 Å². The van der Waals surface area contributed by atoms with E-state index in [1.54, 1.807) is 7.11 Å². The lowest BCUT2D eigenvalue weighted by atomic mass is 10.1. The number of benzene rings is 2. The zero-order valence-corrected chi connectivity index (χ0v) is 18.2. The molecule has 29 heavy (non-hydrogen) atoms. The van der Waals surface area contributed by atoms with E-state index in [-0.39, 0.29) is 17.1 Å². The van der Waals surface area contributed by atoms with Crippen molar-refractivity contribution in [2.45, 2.75) is 18.2 Å². The number of amides is 1. The molecule has 0 unspecified atom stereocenters. The normalized spacial score (nSPS) is 11.3. The van der Waals surface area contributed by atoms with Crippen LogP contribution in [0.25, 0.3) is 11.3 Å². The maximum absolute atomic E-state index is 12.3. The fourth-order valence-electron chi connectivity index (χ4n) is 2.64. The number of ether oxygens (including phenoxy) is 1. The average molecular weight is 451 g/mol. The number of halogens is 1. The number of rotatable bonds is 7. The van der Waals surface area contributed by atoms with E-state index in [4.69, 9.17) is 16.3 Å². The minimum Gasteiger partial charge on any atom is -0.497 e. The third kappa shape index (κ3) is 5.35. The number of methoxy groups -OCH3 is 1. The van der Waals surface area contributed by atoms with Crippen LogP contribution < -0.4 is 10.1 Å². The summed E-state index contributed by atoms with van der Waals surface area (Å²) < 4.78 is 29.9. The largest absolute Gasteiger partial charge is 0.497 e. The molecular formula is C20H19ClN2O4S2. The first-order valence-corrected chi connectivity index (χ1v) is 11.5. The molecule has 0 aliphatic heterocycles. The summed E-state index contributed by atoms with van der Waals surface area (Å²) >= 11 is 7.12. The Morgan fingerprint density at radius 2 is 1.79 bits per heavy atom. The molecule has 0 saturated carbocycles. The topological polar surface area (TPSA) is 85.4 Å². The van der Waals surface area contributed by atoms with Crippen LogP contribution in [0.1, 0.15) is 11.3 Å². The van der Waals surface area contributed by atoms with Crippen LogP contribution >= 0.6 is 22.9 Å². The number of aryl methyl sites for hydroxylation is 1. The average Bonchev–Trinajstić information content (AvgIpc) is 3.07. The Kier molecular flexibility index (Phi) is 6.56. The first kappa shape index (κ1) is 21.3. The van der Waals surface area contributed by atoms with Crippen LogP contribution in [0.5, 0.6) is 5.75 Å². The van der Waals surface area contributed by atoms with Gasteiger partial charge in [-0.2, -0.15) is 0 Å². The highest BCUT2D eigenvalue weighted by Crippen LogP contribution is 2.31. The lowest BCUT2D eigenvalue weighted by Gasteiger charge is -2.05. The Labute approximate surface area is 178 Å². The van der Waals surface area contributed by atoms with Crippen LogP contribution in [0, 0.1) is 6.92 Å². The molecule has 1 N–H and O–H groups in total. The van der Waals surface area contributed by atoms with E-state index >= 15 is 0 Å². The van der Waals surface area contributed by atoms with Crippen LogP contribution in [-0.2, 0) is 14.6 Å². The van der Waals surface area contributed by atoms with Crippen molar-refractivity contribution in [1.29, 1.82) is 0 Å². The van der Waals surface area contributed by atoms with Gasteiger partial charge in [0.15, 0.2) is 15.0 Å². The summed E-state index contributed by atoms with van der Waals surface area (Å²) in [5.74, 6) is 0.0468. The van der Waals surface area contributed by atoms with E-state index in [0.29, 0.717) is 10.2 Å². The SMILES string of the molecule is COc1ccc(-c2nc(NC(=O)CCS(=O)(=O)c3ccc(Cl)cc3)sc2C)cc1. The maximum Gasteiger partial charge on any atom is 0.227 e. The van der Waals surface area contributed by atoms with Crippen molar-refractivity contribution in [2.24, 2.45) is 0 Å². The van der Waals surface area contributed by atoms with Gasteiger partial charge in [-0.05, 0) is 55.5 Å². The lowest BCUT2D eigenvalue weighted by Crippen LogP contribution is -2.17. The van der Waals surface area contributed by atoms with Gasteiger partial charge >= 0.3 is 0 Å². The van der Waals surface area contributed by atoms with E-state index in [1.807, 2.05) is 31.2 Å². The van der Waals surface area contributed by atoms with Crippen LogP contribution in [0.4, 0.5) is 5.13 Å². The molecular weight excluding hydrogens is 432 g/mol. The highest BCUT2D eigenvalue weighted by Gasteiger charge is 2.18. The van der Waals surface area contributed by atoms with E-state index in [9.17, 15) is 13.2 Å². The Hall–Kier alpha value is -2.42. The predicted molar refractivity (Wildman–Crippen MR) is 116 cm³/mol. The van der Waals surface area contributed by atoms with E-state index in [2.05, 4.69) is 10.3 Å². The third-order valence-electron chi connectivity index (χ3n) is 4.18. The number of hydrogen-bond acceptors (Lipinski definition) is 6. The molecule has 1 amide bonds. The van der Waals surface area contributed by atoms with Crippen molar-refractivity contribution in [2.75, 3.05) is 18.2 Å². The smallest absolute Gasteiger partial charge is 0.227 e. The zero-order valence-electron chi connectivity index (χ0n) is 15.8. The Morgan fingerprint density at radius 1 is 1.14 bits per heavy atom. The highest BCUT2D eigenvalue weighted by molar-refractivity contribution is 7.91. The Balaban J connectivity index is 1.64. The standard InChI is InChI=1S/C20H19ClN2O4S2/c1-13-19(14-3-7-16(27-2)8-4-14)23-20(28-13)22-18(24)11-12-29(25,26)17-9-5-15(21)6-10-17/h3-10H,11-12H2,1-2H3,(H,22,23,24). The number of nitrogens with zero attached hydrogens (tertiary/aromatic N) is 1. The molecule has 0 aliphatic rings. The molecule has 9 heteroatoms. The first-order valence-electron chi connectivity index (χ1n) is 8.68. The number of aromatic nitrogens is 1. The van der Waals surface area contributed by atoms with E-state index < -0.39 is 15.7 Å². The molecule has 6 nitrogen and oxygen atoms in total. The van der Waals surface area contributed by atoms with Crippen LogP contribution in [0.3, 0.4) is 0 Å². The number of hydrogen-bond donors (Lipinski definition) is 1. The molecule has 152 valence electrons. The quantitative estimate of drug-likeness (QED) is 0.569. The van der Waals surface area contributed by atoms with Crippen LogP contribution in [0.2, 0.25) is 5.02 Å². The van der Waals surface area contributed by atoms with Crippen molar-refractivity contribution in [3.8, 4) is 17.0 Å². The first-order chi connectivity index (χ1) is 13.8. The number of thiazole rings is 1. The summed E-state index contributed by atoms with van der Waals surface area (Å²) in [7, 11) is -1.96. The van der Waals surface area contributed by atoms with Crippen molar-refractivity contribution in [3.05, 3.63) is 58.4 Å². The van der Waals surface area contributed by atoms with Gasteiger partial charge in [-0.25, -0.2) is 13.4 Å². The maximum atomic E-state index is 12.3. The number of carbonyl (C=O) groups excluding carboxylic acids is 1. The second-order valence-corrected chi connectivity index (χ2v) is 9.97. The fourth-order valence-corrected chi connectivity index (χ4v) is 4.85. The summed E-state index contributed by atoms with van der Waals surface area (Å²) in [6, 6.07) is 13.3. The monoisotopic (exact) mass is 450 g/mol. The van der Waals surface area contributed by atoms with Gasteiger partial charge in [0.05, 0.1) is 23.5 Å². The summed E-state index contributed by atoms with van der Waals surface area (Å²) in [6.45, 7) is 1.91. The van der Waals surface area contributed by atoms with Crippen molar-refractivity contribution >= 4 is 43.8 Å². The molecule has 0 radical (unpaired) electrons. The number of carbonyl (C=O) groups is 1. The Bertz CT molecular complexity index is 1110. The fraction of sp³-hybridized carbons (Fsp3) is 0.200. The molecule has 3 rings (SSSR count). The van der Waals surface area contributed by atoms with Gasteiger partial charge in [0.2, 0.25) is 5.91 Å². The summed E-state index contributed by atoms with van der Waals surface area (Å²) in [6.07, 6.45) is -0.165. The van der Waals surface area contributed by atoms with E-state index in [1.165, 1.54) is 35.6 Å². The molecule has 1 aromatic heterocycles. The number of anilines is 1. The molecule has 0 fully saturated rings. The van der Waals surface area contributed by atoms with Crippen molar-refractivity contribution in [1.82, 2.24) is 4.98 Å². The minimum atomic E-state index is -3.57. The molecule has 0 spiro atoms. The van der Waals surface area contributed by atoms with Crippen LogP contribution in [-0.4, -0.2) is 32.2 Å². The molecule has 1 heterocycles. The molecule has 0 atom stereocenters. The van der Waals surface area contributed by atoms with Gasteiger partial charge in [-0.1, -0.05) is 11.6 Å². The van der Waals surface area contributed by atoms with E-state index in [0.717, 1.165) is 21.9 Å². The van der Waals surface area contributed by atoms with Gasteiger partial charge in [0.25, 0.3) is 0 Å². The molecule has 0 saturated heterocycles. The van der Waals surface area contributed by atoms with Crippen molar-refractivity contribution in [3.63, 3.8) is 0 Å². The van der Waals surface area contributed by atoms with Gasteiger partial charge in [-0.3, -0.25) is 4.79 Å². The molecule has 0 aliphatic carbocycles. The lowest BCUT2D eigenvalue weighted by molar-refractivity contribution is -0.115. The Morgan fingerprint density at radius 3 is 2.41 bits per heavy atom. The van der Waals surface area contributed by atoms with Gasteiger partial charge in [0.1, 0.15) is 5.75 Å². The second-order valence-electron chi connectivity index (χ2n) is 6.22. The summed E-state index contributed by atoms with van der Waals surface area (Å²) in [5, 5.41) is 3.57. The second kappa shape index (κ2) is 8.94. The molecule has 2 aromatic carbocycles. The van der Waals surface area contributed by atoms with Gasteiger partial charge in [-0.15, -0.1) is 11.3 Å². The van der Waals surface area contributed by atoms with Crippen LogP contribution in [0.15, 0.2) is 53.4 Å². The predicted octanol–water partition coefficient (Wildman–Crippen LogP) is 4.58. The minimum absolute atomic E-state index is 0.140. The molecule has 3 aromatic rings. The molecule has 0 bridgehead atoms. The van der Waals surface area contributed by atoms with Gasteiger partial charge < -0.3 is 10.1 Å². The number of sulfone groups is 1. The number of nitrogens with one attached hydrogen (secondary N) is 1. The third-order valence-corrected chi connectivity index (χ3v) is 7.05. The summed E-state index contributed by atoms with van der Waals surface area (Å²) in [5.41, 5.74) is 1.67. The zero-order chi connectivity index (χ0) is 21.0. The van der Waals surface area contributed by atoms with Crippen molar-refractivity contribution < 1.29 is 17.9 Å². The highest BCUT2D eigenvalue weighted by atomic mass is 35.5. The summed E-state index contributed by atoms with van der Waals surface area (Å²) in [4.78, 5) is 17.8.